The highest BCUT2D eigenvalue weighted by molar-refractivity contribution is 6.08. The van der Waals surface area contributed by atoms with Gasteiger partial charge in [0.1, 0.15) is 11.7 Å². The molecule has 3 aromatic rings. The van der Waals surface area contributed by atoms with Gasteiger partial charge in [-0.2, -0.15) is 0 Å². The molecule has 0 radical (unpaired) electrons. The predicted molar refractivity (Wildman–Crippen MR) is 132 cm³/mol. The van der Waals surface area contributed by atoms with Crippen LogP contribution in [0.25, 0.3) is 16.8 Å². The molecule has 1 fully saturated rings. The standard InChI is InChI=1S/C26H32N4O3/c1-17-6-5-7-20(14-17)30-16-21(18-8-9-22(31-3)23(15-18)32-4)24(26(30)28-2)25(27)29-19-10-12-33-13-11-19/h5-9,14-16,19,28H,10-13H2,1-4H3,(H2,27,29). The number of benzene rings is 2. The molecule has 174 valence electrons. The van der Waals surface area contributed by atoms with E-state index in [0.717, 1.165) is 54.3 Å². The number of aryl methyl sites for hydroxylation is 1. The van der Waals surface area contributed by atoms with Crippen molar-refractivity contribution in [3.05, 3.63) is 59.8 Å². The first kappa shape index (κ1) is 22.7. The van der Waals surface area contributed by atoms with E-state index in [1.165, 1.54) is 5.56 Å². The summed E-state index contributed by atoms with van der Waals surface area (Å²) in [7, 11) is 5.16. The fraction of sp³-hybridized carbons (Fsp3) is 0.346. The molecule has 1 aliphatic heterocycles. The monoisotopic (exact) mass is 448 g/mol. The summed E-state index contributed by atoms with van der Waals surface area (Å²) in [5.41, 5.74) is 4.91. The molecule has 0 unspecified atom stereocenters. The second-order valence-electron chi connectivity index (χ2n) is 8.20. The molecule has 0 spiro atoms. The van der Waals surface area contributed by atoms with E-state index >= 15 is 0 Å². The third-order valence-electron chi connectivity index (χ3n) is 6.04. The van der Waals surface area contributed by atoms with Crippen molar-refractivity contribution in [3.8, 4) is 28.3 Å². The molecule has 0 amide bonds. The van der Waals surface area contributed by atoms with E-state index in [1.807, 2.05) is 31.3 Å². The largest absolute Gasteiger partial charge is 0.493 e. The minimum atomic E-state index is 0.219. The van der Waals surface area contributed by atoms with Crippen molar-refractivity contribution in [2.24, 2.45) is 0 Å². The lowest BCUT2D eigenvalue weighted by atomic mass is 10.0. The summed E-state index contributed by atoms with van der Waals surface area (Å²) in [6, 6.07) is 14.4. The summed E-state index contributed by atoms with van der Waals surface area (Å²) in [4.78, 5) is 0. The molecule has 0 bridgehead atoms. The lowest BCUT2D eigenvalue weighted by molar-refractivity contribution is 0.0824. The molecule has 3 N–H and O–H groups in total. The van der Waals surface area contributed by atoms with E-state index in [9.17, 15) is 0 Å². The molecular weight excluding hydrogens is 416 g/mol. The minimum Gasteiger partial charge on any atom is -0.493 e. The van der Waals surface area contributed by atoms with Crippen molar-refractivity contribution >= 4 is 11.7 Å². The highest BCUT2D eigenvalue weighted by Crippen LogP contribution is 2.38. The van der Waals surface area contributed by atoms with Crippen molar-refractivity contribution in [2.45, 2.75) is 25.8 Å². The van der Waals surface area contributed by atoms with Gasteiger partial charge >= 0.3 is 0 Å². The maximum absolute atomic E-state index is 9.03. The molecule has 1 aliphatic rings. The fourth-order valence-electron chi connectivity index (χ4n) is 4.33. The number of aromatic nitrogens is 1. The maximum Gasteiger partial charge on any atom is 0.161 e. The highest BCUT2D eigenvalue weighted by atomic mass is 16.5. The van der Waals surface area contributed by atoms with Crippen LogP contribution in [0.3, 0.4) is 0 Å². The average molecular weight is 449 g/mol. The van der Waals surface area contributed by atoms with Gasteiger partial charge in [-0.25, -0.2) is 0 Å². The van der Waals surface area contributed by atoms with Crippen molar-refractivity contribution in [1.29, 1.82) is 5.41 Å². The Morgan fingerprint density at radius 2 is 1.82 bits per heavy atom. The van der Waals surface area contributed by atoms with Crippen molar-refractivity contribution in [1.82, 2.24) is 9.88 Å². The van der Waals surface area contributed by atoms with E-state index in [0.29, 0.717) is 17.3 Å². The quantitative estimate of drug-likeness (QED) is 0.363. The number of amidine groups is 1. The van der Waals surface area contributed by atoms with Gasteiger partial charge in [0.25, 0.3) is 0 Å². The van der Waals surface area contributed by atoms with Crippen molar-refractivity contribution in [2.75, 3.05) is 39.8 Å². The Hall–Kier alpha value is -3.45. The number of ether oxygens (including phenoxy) is 3. The number of hydrogen-bond acceptors (Lipinski definition) is 5. The summed E-state index contributed by atoms with van der Waals surface area (Å²) in [5, 5.41) is 15.8. The van der Waals surface area contributed by atoms with Crippen LogP contribution in [0.5, 0.6) is 11.5 Å². The Balaban J connectivity index is 1.85. The van der Waals surface area contributed by atoms with Crippen LogP contribution in [-0.2, 0) is 4.74 Å². The number of rotatable bonds is 7. The summed E-state index contributed by atoms with van der Waals surface area (Å²) < 4.78 is 18.6. The zero-order valence-corrected chi connectivity index (χ0v) is 19.7. The van der Waals surface area contributed by atoms with Crippen LogP contribution < -0.4 is 20.1 Å². The van der Waals surface area contributed by atoms with Crippen LogP contribution >= 0.6 is 0 Å². The Labute approximate surface area is 195 Å². The van der Waals surface area contributed by atoms with E-state index in [1.54, 1.807) is 14.2 Å². The van der Waals surface area contributed by atoms with Crippen LogP contribution in [0.4, 0.5) is 5.82 Å². The topological polar surface area (TPSA) is 80.5 Å². The minimum absolute atomic E-state index is 0.219. The lowest BCUT2D eigenvalue weighted by Gasteiger charge is -2.25. The first-order valence-corrected chi connectivity index (χ1v) is 11.2. The Kier molecular flexibility index (Phi) is 6.89. The molecule has 1 aromatic heterocycles. The summed E-state index contributed by atoms with van der Waals surface area (Å²) in [5.74, 6) is 2.57. The SMILES string of the molecule is CNc1c(C(=N)NC2CCOCC2)c(-c2ccc(OC)c(OC)c2)cn1-c1cccc(C)c1. The van der Waals surface area contributed by atoms with E-state index in [-0.39, 0.29) is 6.04 Å². The lowest BCUT2D eigenvalue weighted by Crippen LogP contribution is -2.39. The van der Waals surface area contributed by atoms with Gasteiger partial charge in [-0.05, 0) is 55.2 Å². The molecule has 33 heavy (non-hydrogen) atoms. The first-order valence-electron chi connectivity index (χ1n) is 11.2. The molecule has 0 saturated carbocycles. The van der Waals surface area contributed by atoms with Gasteiger partial charge in [0, 0.05) is 43.8 Å². The predicted octanol–water partition coefficient (Wildman–Crippen LogP) is 4.61. The van der Waals surface area contributed by atoms with Crippen LogP contribution in [0.15, 0.2) is 48.7 Å². The molecule has 2 heterocycles. The third kappa shape index (κ3) is 4.68. The van der Waals surface area contributed by atoms with Gasteiger partial charge < -0.3 is 29.4 Å². The van der Waals surface area contributed by atoms with Crippen molar-refractivity contribution in [3.63, 3.8) is 0 Å². The van der Waals surface area contributed by atoms with Crippen LogP contribution in [0, 0.1) is 12.3 Å². The Morgan fingerprint density at radius 3 is 2.48 bits per heavy atom. The number of methoxy groups -OCH3 is 2. The fourth-order valence-corrected chi connectivity index (χ4v) is 4.33. The number of nitrogens with one attached hydrogen (secondary N) is 3. The summed E-state index contributed by atoms with van der Waals surface area (Å²) >= 11 is 0. The molecule has 0 aliphatic carbocycles. The van der Waals surface area contributed by atoms with Gasteiger partial charge in [0.05, 0.1) is 19.8 Å². The second kappa shape index (κ2) is 10.0. The smallest absolute Gasteiger partial charge is 0.161 e. The van der Waals surface area contributed by atoms with E-state index < -0.39 is 0 Å². The molecule has 4 rings (SSSR count). The molecule has 2 aromatic carbocycles. The third-order valence-corrected chi connectivity index (χ3v) is 6.04. The first-order chi connectivity index (χ1) is 16.0. The van der Waals surface area contributed by atoms with Crippen molar-refractivity contribution < 1.29 is 14.2 Å². The van der Waals surface area contributed by atoms with Gasteiger partial charge in [-0.3, -0.25) is 5.41 Å². The zero-order chi connectivity index (χ0) is 23.4. The van der Waals surface area contributed by atoms with Crippen LogP contribution in [0.2, 0.25) is 0 Å². The molecule has 0 atom stereocenters. The Bertz CT molecular complexity index is 1130. The van der Waals surface area contributed by atoms with Gasteiger partial charge in [0.2, 0.25) is 0 Å². The van der Waals surface area contributed by atoms with Gasteiger partial charge in [0.15, 0.2) is 11.5 Å². The molecule has 7 heteroatoms. The van der Waals surface area contributed by atoms with Crippen LogP contribution in [0.1, 0.15) is 24.0 Å². The molecule has 7 nitrogen and oxygen atoms in total. The number of anilines is 1. The Morgan fingerprint density at radius 1 is 1.06 bits per heavy atom. The normalized spacial score (nSPS) is 14.1. The van der Waals surface area contributed by atoms with Gasteiger partial charge in [-0.1, -0.05) is 18.2 Å². The average Bonchev–Trinajstić information content (AvgIpc) is 3.24. The van der Waals surface area contributed by atoms with E-state index in [4.69, 9.17) is 19.6 Å². The molecule has 1 saturated heterocycles. The van der Waals surface area contributed by atoms with Crippen LogP contribution in [-0.4, -0.2) is 50.9 Å². The number of nitrogens with zero attached hydrogens (tertiary/aromatic N) is 1. The van der Waals surface area contributed by atoms with E-state index in [2.05, 4.69) is 46.5 Å². The second-order valence-corrected chi connectivity index (χ2v) is 8.20. The summed E-state index contributed by atoms with van der Waals surface area (Å²) in [6.45, 7) is 3.52. The maximum atomic E-state index is 9.03. The van der Waals surface area contributed by atoms with Gasteiger partial charge in [-0.15, -0.1) is 0 Å². The highest BCUT2D eigenvalue weighted by Gasteiger charge is 2.24. The summed E-state index contributed by atoms with van der Waals surface area (Å²) in [6.07, 6.45) is 3.86. The molecular formula is C26H32N4O3. The zero-order valence-electron chi connectivity index (χ0n) is 19.7. The number of hydrogen-bond donors (Lipinski definition) is 3.